The Morgan fingerprint density at radius 2 is 2.08 bits per heavy atom. The van der Waals surface area contributed by atoms with Gasteiger partial charge in [0.25, 0.3) is 5.56 Å². The van der Waals surface area contributed by atoms with Gasteiger partial charge in [0.1, 0.15) is 0 Å². The van der Waals surface area contributed by atoms with Gasteiger partial charge in [0.05, 0.1) is 19.0 Å². The van der Waals surface area contributed by atoms with E-state index in [2.05, 4.69) is 4.98 Å². The molecule has 25 heavy (non-hydrogen) atoms. The van der Waals surface area contributed by atoms with Gasteiger partial charge in [-0.15, -0.1) is 0 Å². The van der Waals surface area contributed by atoms with Gasteiger partial charge in [-0.05, 0) is 13.3 Å². The third kappa shape index (κ3) is 3.23. The van der Waals surface area contributed by atoms with Gasteiger partial charge in [0.15, 0.2) is 11.2 Å². The van der Waals surface area contributed by atoms with E-state index < -0.39 is 5.69 Å². The van der Waals surface area contributed by atoms with Gasteiger partial charge in [-0.2, -0.15) is 0 Å². The van der Waals surface area contributed by atoms with Crippen LogP contribution in [0.3, 0.4) is 0 Å². The quantitative estimate of drug-likeness (QED) is 0.739. The third-order valence-corrected chi connectivity index (χ3v) is 4.60. The van der Waals surface area contributed by atoms with Gasteiger partial charge in [-0.3, -0.25) is 18.7 Å². The Kier molecular flexibility index (Phi) is 4.76. The highest BCUT2D eigenvalue weighted by molar-refractivity contribution is 5.76. The summed E-state index contributed by atoms with van der Waals surface area (Å²) in [6.45, 7) is 4.27. The predicted octanol–water partition coefficient (Wildman–Crippen LogP) is -0.539. The van der Waals surface area contributed by atoms with E-state index in [9.17, 15) is 14.4 Å². The first-order chi connectivity index (χ1) is 11.9. The van der Waals surface area contributed by atoms with Crippen LogP contribution < -0.4 is 11.2 Å². The van der Waals surface area contributed by atoms with Crippen molar-refractivity contribution in [3.8, 4) is 0 Å². The molecule has 9 nitrogen and oxygen atoms in total. The number of aryl methyl sites for hydroxylation is 2. The first kappa shape index (κ1) is 17.4. The summed E-state index contributed by atoms with van der Waals surface area (Å²) in [5.41, 5.74) is -0.0261. The molecule has 0 radical (unpaired) electrons. The highest BCUT2D eigenvalue weighted by Crippen LogP contribution is 2.10. The zero-order valence-corrected chi connectivity index (χ0v) is 14.8. The van der Waals surface area contributed by atoms with Crippen molar-refractivity contribution in [3.05, 3.63) is 27.2 Å². The zero-order chi connectivity index (χ0) is 18.1. The fourth-order valence-corrected chi connectivity index (χ4v) is 3.17. The summed E-state index contributed by atoms with van der Waals surface area (Å²) in [5.74, 6) is 0.0971. The molecule has 1 saturated heterocycles. The Morgan fingerprint density at radius 1 is 1.32 bits per heavy atom. The monoisotopic (exact) mass is 349 g/mol. The number of morpholine rings is 1. The van der Waals surface area contributed by atoms with Crippen molar-refractivity contribution < 1.29 is 9.53 Å². The summed E-state index contributed by atoms with van der Waals surface area (Å²) in [5, 5.41) is 0. The van der Waals surface area contributed by atoms with Crippen LogP contribution in [0.5, 0.6) is 0 Å². The van der Waals surface area contributed by atoms with Crippen LogP contribution >= 0.6 is 0 Å². The van der Waals surface area contributed by atoms with Crippen molar-refractivity contribution >= 4 is 17.1 Å². The van der Waals surface area contributed by atoms with Crippen LogP contribution in [0.25, 0.3) is 11.2 Å². The molecular formula is C16H23N5O4. The number of rotatable bonds is 4. The van der Waals surface area contributed by atoms with E-state index in [0.29, 0.717) is 50.2 Å². The predicted molar refractivity (Wildman–Crippen MR) is 91.4 cm³/mol. The van der Waals surface area contributed by atoms with Crippen molar-refractivity contribution in [2.24, 2.45) is 14.1 Å². The molecule has 0 N–H and O–H groups in total. The minimum absolute atomic E-state index is 0.0691. The normalized spacial score (nSPS) is 18.0. The minimum atomic E-state index is -0.403. The number of carbonyl (C=O) groups is 1. The highest BCUT2D eigenvalue weighted by atomic mass is 16.5. The average Bonchev–Trinajstić information content (AvgIpc) is 3.02. The highest BCUT2D eigenvalue weighted by Gasteiger charge is 2.21. The van der Waals surface area contributed by atoms with Gasteiger partial charge in [-0.1, -0.05) is 0 Å². The molecule has 1 aliphatic rings. The second kappa shape index (κ2) is 6.83. The van der Waals surface area contributed by atoms with Gasteiger partial charge < -0.3 is 14.2 Å². The number of hydrogen-bond donors (Lipinski definition) is 0. The largest absolute Gasteiger partial charge is 0.375 e. The number of aromatic nitrogens is 4. The summed E-state index contributed by atoms with van der Waals surface area (Å²) < 4.78 is 9.58. The second-order valence-corrected chi connectivity index (χ2v) is 6.44. The maximum Gasteiger partial charge on any atom is 0.332 e. The number of hydrogen-bond acceptors (Lipinski definition) is 5. The molecule has 3 rings (SSSR count). The Labute approximate surface area is 144 Å². The molecule has 0 aliphatic carbocycles. The number of carbonyl (C=O) groups excluding carboxylic acids is 1. The van der Waals surface area contributed by atoms with Crippen molar-refractivity contribution in [2.75, 3.05) is 19.7 Å². The van der Waals surface area contributed by atoms with E-state index in [1.807, 2.05) is 11.8 Å². The number of imidazole rings is 1. The van der Waals surface area contributed by atoms with Crippen LogP contribution in [0.4, 0.5) is 0 Å². The van der Waals surface area contributed by atoms with Crippen molar-refractivity contribution in [1.82, 2.24) is 23.6 Å². The minimum Gasteiger partial charge on any atom is -0.375 e. The molecular weight excluding hydrogens is 326 g/mol. The number of nitrogens with zero attached hydrogens (tertiary/aromatic N) is 5. The number of amides is 1. The Balaban J connectivity index is 1.71. The van der Waals surface area contributed by atoms with E-state index in [4.69, 9.17) is 4.74 Å². The maximum absolute atomic E-state index is 12.4. The lowest BCUT2D eigenvalue weighted by molar-refractivity contribution is -0.138. The molecule has 0 saturated carbocycles. The molecule has 3 heterocycles. The topological polar surface area (TPSA) is 91.4 Å². The Hall–Kier alpha value is -2.42. The van der Waals surface area contributed by atoms with Crippen LogP contribution in [0.1, 0.15) is 19.8 Å². The smallest absolute Gasteiger partial charge is 0.332 e. The van der Waals surface area contributed by atoms with Gasteiger partial charge in [-0.25, -0.2) is 9.78 Å². The molecule has 136 valence electrons. The lowest BCUT2D eigenvalue weighted by atomic mass is 10.2. The molecule has 0 unspecified atom stereocenters. The molecule has 1 aliphatic heterocycles. The number of fused-ring (bicyclic) bond motifs is 1. The second-order valence-electron chi connectivity index (χ2n) is 6.44. The summed E-state index contributed by atoms with van der Waals surface area (Å²) >= 11 is 0. The summed E-state index contributed by atoms with van der Waals surface area (Å²) in [4.78, 5) is 42.6. The van der Waals surface area contributed by atoms with Crippen molar-refractivity contribution in [3.63, 3.8) is 0 Å². The molecule has 1 atom stereocenters. The lowest BCUT2D eigenvalue weighted by Gasteiger charge is -2.31. The first-order valence-corrected chi connectivity index (χ1v) is 8.40. The molecule has 0 aromatic carbocycles. The van der Waals surface area contributed by atoms with Crippen LogP contribution in [0.15, 0.2) is 15.9 Å². The number of ether oxygens (including phenoxy) is 1. The molecule has 0 bridgehead atoms. The van der Waals surface area contributed by atoms with Gasteiger partial charge in [0, 0.05) is 40.2 Å². The van der Waals surface area contributed by atoms with Gasteiger partial charge >= 0.3 is 5.69 Å². The fraction of sp³-hybridized carbons (Fsp3) is 0.625. The fourth-order valence-electron chi connectivity index (χ4n) is 3.17. The summed E-state index contributed by atoms with van der Waals surface area (Å²) in [7, 11) is 3.04. The molecule has 2 aromatic heterocycles. The molecule has 9 heteroatoms. The molecule has 1 fully saturated rings. The summed E-state index contributed by atoms with van der Waals surface area (Å²) in [6.07, 6.45) is 2.62. The average molecular weight is 349 g/mol. The molecule has 1 amide bonds. The molecule has 2 aromatic rings. The first-order valence-electron chi connectivity index (χ1n) is 8.40. The zero-order valence-electron chi connectivity index (χ0n) is 14.8. The van der Waals surface area contributed by atoms with Crippen molar-refractivity contribution in [2.45, 2.75) is 32.4 Å². The van der Waals surface area contributed by atoms with E-state index >= 15 is 0 Å². The van der Waals surface area contributed by atoms with E-state index in [1.54, 1.807) is 17.9 Å². The lowest BCUT2D eigenvalue weighted by Crippen LogP contribution is -2.44. The van der Waals surface area contributed by atoms with Gasteiger partial charge in [0.2, 0.25) is 5.91 Å². The standard InChI is InChI=1S/C16H23N5O4/c1-11-9-20(7-8-25-11)12(22)5-4-6-21-10-17-14-13(21)15(23)19(3)16(24)18(14)2/h10-11H,4-9H2,1-3H3/t11-/m0/s1. The SMILES string of the molecule is C[C@H]1CN(C(=O)CCCn2cnc3c2c(=O)n(C)c(=O)n3C)CCO1. The Morgan fingerprint density at radius 3 is 2.80 bits per heavy atom. The Bertz CT molecular complexity index is 910. The maximum atomic E-state index is 12.4. The van der Waals surface area contributed by atoms with Crippen LogP contribution in [-0.4, -0.2) is 55.3 Å². The van der Waals surface area contributed by atoms with Crippen molar-refractivity contribution in [1.29, 1.82) is 0 Å². The van der Waals surface area contributed by atoms with Crippen LogP contribution in [0, 0.1) is 0 Å². The van der Waals surface area contributed by atoms with E-state index in [1.165, 1.54) is 11.6 Å². The van der Waals surface area contributed by atoms with Crippen LogP contribution in [0.2, 0.25) is 0 Å². The van der Waals surface area contributed by atoms with Crippen LogP contribution in [-0.2, 0) is 30.2 Å². The molecule has 0 spiro atoms. The third-order valence-electron chi connectivity index (χ3n) is 4.60. The van der Waals surface area contributed by atoms with E-state index in [0.717, 1.165) is 4.57 Å². The summed E-state index contributed by atoms with van der Waals surface area (Å²) in [6, 6.07) is 0. The van der Waals surface area contributed by atoms with E-state index in [-0.39, 0.29) is 17.6 Å².